The van der Waals surface area contributed by atoms with Gasteiger partial charge >= 0.3 is 11.9 Å². The predicted molar refractivity (Wildman–Crippen MR) is 233 cm³/mol. The van der Waals surface area contributed by atoms with Gasteiger partial charge in [-0.05, 0) is 51.4 Å². The second-order valence-corrected chi connectivity index (χ2v) is 16.2. The molecule has 0 amide bonds. The Morgan fingerprint density at radius 1 is 0.534 bits per heavy atom. The summed E-state index contributed by atoms with van der Waals surface area (Å²) in [6.45, 7) is 3.39. The maximum atomic E-state index is 12.8. The van der Waals surface area contributed by atoms with Crippen LogP contribution in [0.1, 0.15) is 200 Å². The molecule has 1 fully saturated rings. The van der Waals surface area contributed by atoms with Crippen LogP contribution < -0.4 is 0 Å². The minimum atomic E-state index is -1.60. The van der Waals surface area contributed by atoms with E-state index in [1.54, 1.807) is 0 Å². The lowest BCUT2D eigenvalue weighted by Crippen LogP contribution is -2.59. The first-order valence-electron chi connectivity index (χ1n) is 23.6. The number of unbranched alkanes of at least 4 members (excludes halogenated alkanes) is 22. The summed E-state index contributed by atoms with van der Waals surface area (Å²) >= 11 is 0. The molecule has 6 atom stereocenters. The van der Waals surface area contributed by atoms with Gasteiger partial charge in [0.15, 0.2) is 12.4 Å². The fraction of sp³-hybridized carbons (Fsp3) is 0.833. The van der Waals surface area contributed by atoms with Gasteiger partial charge in [0.25, 0.3) is 0 Å². The average Bonchev–Trinajstić information content (AvgIpc) is 3.22. The molecule has 1 saturated heterocycles. The van der Waals surface area contributed by atoms with Gasteiger partial charge in [0.2, 0.25) is 0 Å². The Morgan fingerprint density at radius 2 is 0.966 bits per heavy atom. The third-order valence-corrected chi connectivity index (χ3v) is 10.8. The number of hydrogen-bond donors (Lipinski definition) is 4. The first-order valence-corrected chi connectivity index (χ1v) is 23.6. The van der Waals surface area contributed by atoms with Crippen LogP contribution in [0.15, 0.2) is 36.5 Å². The van der Waals surface area contributed by atoms with Crippen molar-refractivity contribution >= 4 is 11.9 Å². The molecule has 1 rings (SSSR count). The Hall–Kier alpha value is -2.08. The molecule has 0 aromatic heterocycles. The molecule has 0 aromatic rings. The Labute approximate surface area is 353 Å². The summed E-state index contributed by atoms with van der Waals surface area (Å²) in [6, 6.07) is 0. The summed E-state index contributed by atoms with van der Waals surface area (Å²) < 4.78 is 22.2. The van der Waals surface area contributed by atoms with Gasteiger partial charge in [-0.15, -0.1) is 0 Å². The highest BCUT2D eigenvalue weighted by Gasteiger charge is 2.44. The number of allylic oxidation sites excluding steroid dienone is 6. The fourth-order valence-corrected chi connectivity index (χ4v) is 7.02. The first-order chi connectivity index (χ1) is 28.3. The van der Waals surface area contributed by atoms with E-state index in [0.717, 1.165) is 57.8 Å². The number of ether oxygens (including phenoxy) is 4. The van der Waals surface area contributed by atoms with Gasteiger partial charge in [-0.3, -0.25) is 9.59 Å². The van der Waals surface area contributed by atoms with Crippen LogP contribution in [-0.4, -0.2) is 89.0 Å². The zero-order valence-electron chi connectivity index (χ0n) is 36.8. The molecule has 1 aliphatic rings. The Bertz CT molecular complexity index is 1040. The van der Waals surface area contributed by atoms with Gasteiger partial charge in [0, 0.05) is 12.8 Å². The standard InChI is InChI=1S/C48H86O10/c1-3-5-7-9-11-13-15-17-19-21-23-24-26-28-30-32-34-36-43(50)55-39-41(40-56-48-47(54)46(53)45(52)42(38-49)58-48)57-44(51)37-35-33-31-29-27-25-22-20-18-16-14-12-10-8-6-4-2/h11,13,17,19,23-24,41-42,45-49,52-54H,3-10,12,14-16,18,20-22,25-40H2,1-2H3/b13-11+,19-17+,24-23+/t41-,42-,45+,46?,47?,48-/m0/s1. The van der Waals surface area contributed by atoms with Crippen LogP contribution in [-0.2, 0) is 28.5 Å². The highest BCUT2D eigenvalue weighted by Crippen LogP contribution is 2.23. The van der Waals surface area contributed by atoms with Crippen LogP contribution in [0.4, 0.5) is 0 Å². The van der Waals surface area contributed by atoms with Crippen molar-refractivity contribution < 1.29 is 49.0 Å². The van der Waals surface area contributed by atoms with Gasteiger partial charge in [0.05, 0.1) is 13.2 Å². The van der Waals surface area contributed by atoms with E-state index in [9.17, 15) is 30.0 Å². The largest absolute Gasteiger partial charge is 0.462 e. The van der Waals surface area contributed by atoms with Crippen molar-refractivity contribution in [3.63, 3.8) is 0 Å². The van der Waals surface area contributed by atoms with E-state index < -0.39 is 55.4 Å². The highest BCUT2D eigenvalue weighted by atomic mass is 16.7. The molecule has 338 valence electrons. The van der Waals surface area contributed by atoms with E-state index in [1.165, 1.54) is 103 Å². The molecule has 0 saturated carbocycles. The van der Waals surface area contributed by atoms with Crippen molar-refractivity contribution in [2.75, 3.05) is 19.8 Å². The van der Waals surface area contributed by atoms with E-state index in [0.29, 0.717) is 12.8 Å². The molecule has 0 radical (unpaired) electrons. The van der Waals surface area contributed by atoms with E-state index in [1.807, 2.05) is 0 Å². The minimum absolute atomic E-state index is 0.227. The van der Waals surface area contributed by atoms with E-state index in [-0.39, 0.29) is 26.1 Å². The summed E-state index contributed by atoms with van der Waals surface area (Å²) in [5, 5.41) is 40.1. The minimum Gasteiger partial charge on any atom is -0.462 e. The molecule has 0 aliphatic carbocycles. The van der Waals surface area contributed by atoms with Crippen LogP contribution in [0.3, 0.4) is 0 Å². The lowest BCUT2D eigenvalue weighted by atomic mass is 9.99. The molecule has 1 aliphatic heterocycles. The van der Waals surface area contributed by atoms with Gasteiger partial charge in [-0.1, -0.05) is 172 Å². The number of carbonyl (C=O) groups excluding carboxylic acids is 2. The number of aliphatic hydroxyl groups is 4. The van der Waals surface area contributed by atoms with Crippen molar-refractivity contribution in [1.82, 2.24) is 0 Å². The summed E-state index contributed by atoms with van der Waals surface area (Å²) in [5.41, 5.74) is 0. The molecule has 2 unspecified atom stereocenters. The number of aliphatic hydroxyl groups excluding tert-OH is 4. The fourth-order valence-electron chi connectivity index (χ4n) is 7.02. The zero-order chi connectivity index (χ0) is 42.3. The smallest absolute Gasteiger partial charge is 0.306 e. The number of esters is 2. The van der Waals surface area contributed by atoms with E-state index in [2.05, 4.69) is 50.3 Å². The number of hydrogen-bond acceptors (Lipinski definition) is 10. The average molecular weight is 823 g/mol. The van der Waals surface area contributed by atoms with Gasteiger partial charge in [0.1, 0.15) is 31.0 Å². The normalized spacial score (nSPS) is 20.4. The molecule has 0 aromatic carbocycles. The van der Waals surface area contributed by atoms with Crippen molar-refractivity contribution in [3.05, 3.63) is 36.5 Å². The van der Waals surface area contributed by atoms with Crippen LogP contribution >= 0.6 is 0 Å². The number of carbonyl (C=O) groups is 2. The molecule has 58 heavy (non-hydrogen) atoms. The molecule has 1 heterocycles. The summed E-state index contributed by atoms with van der Waals surface area (Å²) in [6.07, 6.45) is 37.1. The molecule has 0 spiro atoms. The SMILES string of the molecule is CCCCC/C=C/C/C=C/C/C=C/CCCCCCC(=O)OC[C@@H](CO[C@H]1O[C@@H](CO)[C@@H](O)C(O)C1O)OC(=O)CCCCCCCCCCCCCCCCCC. The van der Waals surface area contributed by atoms with E-state index >= 15 is 0 Å². The Balaban J connectivity index is 2.32. The third kappa shape index (κ3) is 30.0. The van der Waals surface area contributed by atoms with Gasteiger partial charge < -0.3 is 39.4 Å². The van der Waals surface area contributed by atoms with Gasteiger partial charge in [-0.25, -0.2) is 0 Å². The maximum Gasteiger partial charge on any atom is 0.306 e. The quantitative estimate of drug-likeness (QED) is 0.0268. The summed E-state index contributed by atoms with van der Waals surface area (Å²) in [5.74, 6) is -0.826. The lowest BCUT2D eigenvalue weighted by molar-refractivity contribution is -0.305. The third-order valence-electron chi connectivity index (χ3n) is 10.8. The predicted octanol–water partition coefficient (Wildman–Crippen LogP) is 10.3. The Kier molecular flexibility index (Phi) is 36.3. The molecule has 10 heteroatoms. The zero-order valence-corrected chi connectivity index (χ0v) is 36.8. The van der Waals surface area contributed by atoms with Gasteiger partial charge in [-0.2, -0.15) is 0 Å². The monoisotopic (exact) mass is 823 g/mol. The highest BCUT2D eigenvalue weighted by molar-refractivity contribution is 5.70. The van der Waals surface area contributed by atoms with Crippen LogP contribution in [0.5, 0.6) is 0 Å². The second-order valence-electron chi connectivity index (χ2n) is 16.2. The second kappa shape index (κ2) is 39.1. The molecule has 0 bridgehead atoms. The molecule has 10 nitrogen and oxygen atoms in total. The van der Waals surface area contributed by atoms with Crippen molar-refractivity contribution in [2.24, 2.45) is 0 Å². The van der Waals surface area contributed by atoms with Crippen molar-refractivity contribution in [2.45, 2.75) is 237 Å². The molecule has 4 N–H and O–H groups in total. The molecular formula is C48H86O10. The maximum absolute atomic E-state index is 12.8. The molecular weight excluding hydrogens is 737 g/mol. The van der Waals surface area contributed by atoms with Crippen LogP contribution in [0, 0.1) is 0 Å². The van der Waals surface area contributed by atoms with Crippen LogP contribution in [0.2, 0.25) is 0 Å². The summed E-state index contributed by atoms with van der Waals surface area (Å²) in [7, 11) is 0. The topological polar surface area (TPSA) is 152 Å². The number of rotatable bonds is 39. The van der Waals surface area contributed by atoms with Crippen molar-refractivity contribution in [3.8, 4) is 0 Å². The Morgan fingerprint density at radius 3 is 1.48 bits per heavy atom. The first kappa shape index (κ1) is 53.9. The van der Waals surface area contributed by atoms with Crippen molar-refractivity contribution in [1.29, 1.82) is 0 Å². The van der Waals surface area contributed by atoms with Crippen LogP contribution in [0.25, 0.3) is 0 Å². The van der Waals surface area contributed by atoms with E-state index in [4.69, 9.17) is 18.9 Å². The lowest BCUT2D eigenvalue weighted by Gasteiger charge is -2.39. The summed E-state index contributed by atoms with van der Waals surface area (Å²) in [4.78, 5) is 25.4.